The fraction of sp³-hybridized carbons (Fsp3) is 0. The molecule has 0 fully saturated rings. The van der Waals surface area contributed by atoms with Crippen molar-refractivity contribution < 1.29 is 59.1 Å². The normalized spacial score (nSPS) is 6.67. The van der Waals surface area contributed by atoms with Gasteiger partial charge in [-0.15, -0.1) is 0 Å². The summed E-state index contributed by atoms with van der Waals surface area (Å²) in [6, 6.07) is 0. The molecule has 2 aromatic rings. The number of nitrogens with one attached hydrogen (secondary N) is 2. The molecule has 52 valence electrons. The molecule has 0 radical (unpaired) electrons. The van der Waals surface area contributed by atoms with Crippen LogP contribution >= 0.6 is 0 Å². The van der Waals surface area contributed by atoms with E-state index in [2.05, 4.69) is 19.9 Å². The van der Waals surface area contributed by atoms with Crippen LogP contribution in [0.15, 0.2) is 37.4 Å². The first-order chi connectivity index (χ1) is 5.00. The number of H-pyrrole nitrogens is 2. The van der Waals surface area contributed by atoms with Gasteiger partial charge in [-0.3, -0.25) is 0 Å². The average molecular weight is 182 g/mol. The van der Waals surface area contributed by atoms with Crippen LogP contribution in [0.4, 0.5) is 0 Å². The van der Waals surface area contributed by atoms with Crippen molar-refractivity contribution in [2.75, 3.05) is 0 Å². The van der Waals surface area contributed by atoms with Gasteiger partial charge in [0.2, 0.25) is 0 Å². The van der Waals surface area contributed by atoms with Crippen LogP contribution in [0.1, 0.15) is 0 Å². The first-order valence-electron chi connectivity index (χ1n) is 2.85. The molecule has 0 unspecified atom stereocenters. The van der Waals surface area contributed by atoms with Gasteiger partial charge < -0.3 is 9.97 Å². The predicted octanol–water partition coefficient (Wildman–Crippen LogP) is -5.17. The van der Waals surface area contributed by atoms with Gasteiger partial charge in [0.1, 0.15) is 0 Å². The van der Waals surface area contributed by atoms with Crippen LogP contribution in [0.5, 0.6) is 0 Å². The van der Waals surface area contributed by atoms with E-state index in [1.807, 2.05) is 0 Å². The Bertz CT molecular complexity index is 157. The third-order valence-corrected chi connectivity index (χ3v) is 0.812. The second-order valence-corrected chi connectivity index (χ2v) is 1.52. The predicted molar refractivity (Wildman–Crippen MR) is 37.2 cm³/mol. The van der Waals surface area contributed by atoms with Crippen LogP contribution in [0.3, 0.4) is 0 Å². The van der Waals surface area contributed by atoms with E-state index in [-0.39, 0.29) is 59.1 Å². The third kappa shape index (κ3) is 8.52. The summed E-state index contributed by atoms with van der Waals surface area (Å²) >= 11 is 0. The van der Waals surface area contributed by atoms with Crippen LogP contribution in [0, 0.1) is 0 Å². The van der Waals surface area contributed by atoms with Gasteiger partial charge in [-0.05, 0) is 0 Å². The molecule has 0 saturated carbocycles. The van der Waals surface area contributed by atoms with Crippen LogP contribution in [-0.4, -0.2) is 19.9 Å². The summed E-state index contributed by atoms with van der Waals surface area (Å²) in [5, 5.41) is 0. The van der Waals surface area contributed by atoms with Crippen molar-refractivity contribution in [3.05, 3.63) is 37.4 Å². The van der Waals surface area contributed by atoms with Gasteiger partial charge in [-0.1, -0.05) is 0 Å². The molecule has 2 heterocycles. The van der Waals surface area contributed by atoms with E-state index < -0.39 is 0 Å². The Hall–Kier alpha value is 0.420. The summed E-state index contributed by atoms with van der Waals surface area (Å²) in [5.41, 5.74) is 0. The maximum atomic E-state index is 3.67. The van der Waals surface area contributed by atoms with E-state index >= 15 is 0 Å². The SMILES string of the molecule is [Na+].[Na+].c1c[nH]cn1.c1c[nH]cn1. The second kappa shape index (κ2) is 11.4. The smallest absolute Gasteiger partial charge is 0.351 e. The zero-order chi connectivity index (χ0) is 7.07. The Morgan fingerprint density at radius 3 is 1.25 bits per heavy atom. The molecular weight excluding hydrogens is 174 g/mol. The van der Waals surface area contributed by atoms with Gasteiger partial charge in [-0.25, -0.2) is 9.97 Å². The summed E-state index contributed by atoms with van der Waals surface area (Å²) in [6.07, 6.45) is 10.2. The Labute approximate surface area is 115 Å². The van der Waals surface area contributed by atoms with E-state index in [1.54, 1.807) is 37.4 Å². The third-order valence-electron chi connectivity index (χ3n) is 0.812. The molecule has 12 heavy (non-hydrogen) atoms. The summed E-state index contributed by atoms with van der Waals surface area (Å²) < 4.78 is 0. The minimum atomic E-state index is 0. The fourth-order valence-corrected chi connectivity index (χ4v) is 0.430. The molecule has 0 spiro atoms. The van der Waals surface area contributed by atoms with Gasteiger partial charge in [0.15, 0.2) is 0 Å². The number of hydrogen-bond donors (Lipinski definition) is 2. The molecular formula is C6H8N4Na2+2. The fourth-order valence-electron chi connectivity index (χ4n) is 0.430. The van der Waals surface area contributed by atoms with Crippen LogP contribution in [-0.2, 0) is 0 Å². The van der Waals surface area contributed by atoms with E-state index in [9.17, 15) is 0 Å². The van der Waals surface area contributed by atoms with Crippen molar-refractivity contribution in [1.82, 2.24) is 19.9 Å². The number of imidazole rings is 2. The zero-order valence-electron chi connectivity index (χ0n) is 7.36. The maximum absolute atomic E-state index is 3.67. The van der Waals surface area contributed by atoms with Crippen molar-refractivity contribution in [1.29, 1.82) is 0 Å². The van der Waals surface area contributed by atoms with Crippen molar-refractivity contribution in [2.45, 2.75) is 0 Å². The Morgan fingerprint density at radius 1 is 0.750 bits per heavy atom. The summed E-state index contributed by atoms with van der Waals surface area (Å²) in [4.78, 5) is 12.8. The first kappa shape index (κ1) is 14.9. The van der Waals surface area contributed by atoms with Crippen molar-refractivity contribution in [2.24, 2.45) is 0 Å². The largest absolute Gasteiger partial charge is 1.00 e. The van der Waals surface area contributed by atoms with E-state index in [0.29, 0.717) is 0 Å². The molecule has 0 amide bonds. The van der Waals surface area contributed by atoms with Crippen LogP contribution < -0.4 is 59.1 Å². The molecule has 0 saturated heterocycles. The molecule has 2 rings (SSSR count). The van der Waals surface area contributed by atoms with Gasteiger partial charge in [0.05, 0.1) is 12.7 Å². The summed E-state index contributed by atoms with van der Waals surface area (Å²) in [5.74, 6) is 0. The molecule has 4 nitrogen and oxygen atoms in total. The van der Waals surface area contributed by atoms with Gasteiger partial charge in [0, 0.05) is 24.8 Å². The van der Waals surface area contributed by atoms with Gasteiger partial charge in [0.25, 0.3) is 0 Å². The quantitative estimate of drug-likeness (QED) is 0.400. The first-order valence-corrected chi connectivity index (χ1v) is 2.85. The Morgan fingerprint density at radius 2 is 1.17 bits per heavy atom. The average Bonchev–Trinajstić information content (AvgIpc) is 2.67. The number of aromatic nitrogens is 4. The molecule has 0 bridgehead atoms. The van der Waals surface area contributed by atoms with Crippen LogP contribution in [0.2, 0.25) is 0 Å². The van der Waals surface area contributed by atoms with Crippen molar-refractivity contribution in [3.8, 4) is 0 Å². The monoisotopic (exact) mass is 182 g/mol. The maximum Gasteiger partial charge on any atom is 1.00 e. The summed E-state index contributed by atoms with van der Waals surface area (Å²) in [7, 11) is 0. The van der Waals surface area contributed by atoms with Crippen molar-refractivity contribution in [3.63, 3.8) is 0 Å². The molecule has 0 aromatic carbocycles. The number of nitrogens with zero attached hydrogens (tertiary/aromatic N) is 2. The Kier molecular flexibility index (Phi) is 14.2. The minimum absolute atomic E-state index is 0. The molecule has 2 aromatic heterocycles. The molecule has 0 aliphatic heterocycles. The molecule has 2 N–H and O–H groups in total. The number of aromatic amines is 2. The van der Waals surface area contributed by atoms with Gasteiger partial charge >= 0.3 is 59.1 Å². The molecule has 0 aliphatic rings. The minimum Gasteiger partial charge on any atom is -0.351 e. The second-order valence-electron chi connectivity index (χ2n) is 1.52. The van der Waals surface area contributed by atoms with Crippen molar-refractivity contribution >= 4 is 0 Å². The number of rotatable bonds is 0. The standard InChI is InChI=1S/2C3H4N2.2Na/c2*1-2-5-3-4-1;;/h2*1-3H,(H,4,5);;/q;;2*+1. The number of hydrogen-bond acceptors (Lipinski definition) is 2. The zero-order valence-corrected chi connectivity index (χ0v) is 11.4. The van der Waals surface area contributed by atoms with Crippen LogP contribution in [0.25, 0.3) is 0 Å². The van der Waals surface area contributed by atoms with E-state index in [4.69, 9.17) is 0 Å². The molecule has 0 aliphatic carbocycles. The molecule has 6 heteroatoms. The molecule has 0 atom stereocenters. The Balaban J connectivity index is 0. The summed E-state index contributed by atoms with van der Waals surface area (Å²) in [6.45, 7) is 0. The topological polar surface area (TPSA) is 57.4 Å². The van der Waals surface area contributed by atoms with E-state index in [1.165, 1.54) is 0 Å². The van der Waals surface area contributed by atoms with E-state index in [0.717, 1.165) is 0 Å². The van der Waals surface area contributed by atoms with Gasteiger partial charge in [-0.2, -0.15) is 0 Å².